The van der Waals surface area contributed by atoms with E-state index < -0.39 is 21.5 Å². The van der Waals surface area contributed by atoms with Crippen molar-refractivity contribution in [3.05, 3.63) is 35.9 Å². The molecule has 0 unspecified atom stereocenters. The summed E-state index contributed by atoms with van der Waals surface area (Å²) in [5, 5.41) is 11.9. The SMILES string of the molecule is CN(CC(=O)N[C@](C)(C#N)CCc1ccccc1)S(C)(=O)=O. The van der Waals surface area contributed by atoms with Crippen molar-refractivity contribution in [2.45, 2.75) is 25.3 Å². The van der Waals surface area contributed by atoms with E-state index >= 15 is 0 Å². The van der Waals surface area contributed by atoms with Gasteiger partial charge in [0.15, 0.2) is 0 Å². The van der Waals surface area contributed by atoms with Crippen LogP contribution in [0.2, 0.25) is 0 Å². The van der Waals surface area contributed by atoms with Gasteiger partial charge in [0.1, 0.15) is 5.54 Å². The number of hydrogen-bond donors (Lipinski definition) is 1. The van der Waals surface area contributed by atoms with E-state index in [1.165, 1.54) is 7.05 Å². The van der Waals surface area contributed by atoms with Crippen molar-refractivity contribution < 1.29 is 13.2 Å². The van der Waals surface area contributed by atoms with Crippen LogP contribution in [0.1, 0.15) is 18.9 Å². The van der Waals surface area contributed by atoms with E-state index in [0.29, 0.717) is 12.8 Å². The van der Waals surface area contributed by atoms with Crippen LogP contribution in [0.4, 0.5) is 0 Å². The molecule has 6 nitrogen and oxygen atoms in total. The number of sulfonamides is 1. The van der Waals surface area contributed by atoms with Gasteiger partial charge in [-0.2, -0.15) is 9.57 Å². The van der Waals surface area contributed by atoms with Gasteiger partial charge < -0.3 is 5.32 Å². The van der Waals surface area contributed by atoms with Crippen LogP contribution in [0.5, 0.6) is 0 Å². The largest absolute Gasteiger partial charge is 0.337 e. The molecule has 120 valence electrons. The molecule has 1 amide bonds. The van der Waals surface area contributed by atoms with Crippen LogP contribution < -0.4 is 5.32 Å². The van der Waals surface area contributed by atoms with Crippen molar-refractivity contribution in [1.82, 2.24) is 9.62 Å². The number of nitrogens with zero attached hydrogens (tertiary/aromatic N) is 2. The molecule has 0 bridgehead atoms. The fourth-order valence-corrected chi connectivity index (χ4v) is 2.20. The molecule has 0 aliphatic heterocycles. The molecule has 0 fully saturated rings. The highest BCUT2D eigenvalue weighted by molar-refractivity contribution is 7.88. The second-order valence-electron chi connectivity index (χ2n) is 5.50. The lowest BCUT2D eigenvalue weighted by Crippen LogP contribution is -2.49. The molecule has 0 aliphatic rings. The summed E-state index contributed by atoms with van der Waals surface area (Å²) >= 11 is 0. The first kappa shape index (κ1) is 18.1. The van der Waals surface area contributed by atoms with Gasteiger partial charge in [0.25, 0.3) is 0 Å². The average Bonchev–Trinajstić information content (AvgIpc) is 2.45. The Kier molecular flexibility index (Phi) is 6.09. The van der Waals surface area contributed by atoms with Crippen LogP contribution in [0.15, 0.2) is 30.3 Å². The number of likely N-dealkylation sites (N-methyl/N-ethyl adjacent to an activating group) is 1. The Bertz CT molecular complexity index is 652. The third kappa shape index (κ3) is 5.84. The molecule has 0 aliphatic carbocycles. The third-order valence-electron chi connectivity index (χ3n) is 3.35. The summed E-state index contributed by atoms with van der Waals surface area (Å²) in [4.78, 5) is 11.9. The highest BCUT2D eigenvalue weighted by Crippen LogP contribution is 2.13. The van der Waals surface area contributed by atoms with Crippen molar-refractivity contribution in [3.63, 3.8) is 0 Å². The highest BCUT2D eigenvalue weighted by Gasteiger charge is 2.27. The van der Waals surface area contributed by atoms with Gasteiger partial charge in [0.05, 0.1) is 18.9 Å². The predicted octanol–water partition coefficient (Wildman–Crippen LogP) is 0.909. The molecular weight excluding hydrogens is 302 g/mol. The monoisotopic (exact) mass is 323 g/mol. The molecule has 1 N–H and O–H groups in total. The molecule has 7 heteroatoms. The summed E-state index contributed by atoms with van der Waals surface area (Å²) in [6, 6.07) is 11.7. The van der Waals surface area contributed by atoms with E-state index in [0.717, 1.165) is 16.1 Å². The van der Waals surface area contributed by atoms with E-state index in [9.17, 15) is 18.5 Å². The molecule has 1 rings (SSSR count). The molecule has 1 aromatic carbocycles. The fourth-order valence-electron chi connectivity index (χ4n) is 1.85. The Morgan fingerprint density at radius 1 is 1.36 bits per heavy atom. The number of aryl methyl sites for hydroxylation is 1. The number of nitrogens with one attached hydrogen (secondary N) is 1. The number of carbonyl (C=O) groups is 1. The fraction of sp³-hybridized carbons (Fsp3) is 0.467. The van der Waals surface area contributed by atoms with Crippen LogP contribution in [0, 0.1) is 11.3 Å². The molecule has 0 heterocycles. The van der Waals surface area contributed by atoms with Crippen LogP contribution >= 0.6 is 0 Å². The number of benzene rings is 1. The van der Waals surface area contributed by atoms with Crippen molar-refractivity contribution in [3.8, 4) is 6.07 Å². The molecule has 0 aromatic heterocycles. The number of nitriles is 1. The van der Waals surface area contributed by atoms with Gasteiger partial charge in [0.2, 0.25) is 15.9 Å². The van der Waals surface area contributed by atoms with Gasteiger partial charge in [-0.15, -0.1) is 0 Å². The topological polar surface area (TPSA) is 90.3 Å². The predicted molar refractivity (Wildman–Crippen MR) is 84.4 cm³/mol. The summed E-state index contributed by atoms with van der Waals surface area (Å²) in [6.45, 7) is 1.33. The van der Waals surface area contributed by atoms with E-state index in [-0.39, 0.29) is 6.54 Å². The Morgan fingerprint density at radius 2 is 1.95 bits per heavy atom. The van der Waals surface area contributed by atoms with Crippen molar-refractivity contribution >= 4 is 15.9 Å². The zero-order valence-corrected chi connectivity index (χ0v) is 13.9. The molecule has 22 heavy (non-hydrogen) atoms. The lowest BCUT2D eigenvalue weighted by Gasteiger charge is -2.24. The molecule has 0 radical (unpaired) electrons. The number of amides is 1. The van der Waals surface area contributed by atoms with Crippen LogP contribution in [0.3, 0.4) is 0 Å². The lowest BCUT2D eigenvalue weighted by molar-refractivity contribution is -0.122. The first-order chi connectivity index (χ1) is 10.2. The quantitative estimate of drug-likeness (QED) is 0.807. The number of carbonyl (C=O) groups excluding carboxylic acids is 1. The lowest BCUT2D eigenvalue weighted by atomic mass is 9.94. The molecule has 0 saturated heterocycles. The molecule has 1 atom stereocenters. The minimum Gasteiger partial charge on any atom is -0.337 e. The number of hydrogen-bond acceptors (Lipinski definition) is 4. The summed E-state index contributed by atoms with van der Waals surface area (Å²) < 4.78 is 23.5. The first-order valence-electron chi connectivity index (χ1n) is 6.84. The van der Waals surface area contributed by atoms with Crippen LogP contribution in [-0.4, -0.2) is 44.0 Å². The van der Waals surface area contributed by atoms with Gasteiger partial charge in [0, 0.05) is 7.05 Å². The van der Waals surface area contributed by atoms with Gasteiger partial charge >= 0.3 is 0 Å². The minimum absolute atomic E-state index is 0.304. The van der Waals surface area contributed by atoms with Crippen molar-refractivity contribution in [2.75, 3.05) is 19.8 Å². The number of rotatable bonds is 7. The molecule has 1 aromatic rings. The minimum atomic E-state index is -3.43. The summed E-state index contributed by atoms with van der Waals surface area (Å²) in [6.07, 6.45) is 2.12. The van der Waals surface area contributed by atoms with Crippen LogP contribution in [-0.2, 0) is 21.2 Å². The van der Waals surface area contributed by atoms with E-state index in [4.69, 9.17) is 0 Å². The van der Waals surface area contributed by atoms with Crippen molar-refractivity contribution in [1.29, 1.82) is 5.26 Å². The summed E-state index contributed by atoms with van der Waals surface area (Å²) in [5.74, 6) is -0.495. The van der Waals surface area contributed by atoms with E-state index in [1.54, 1.807) is 6.92 Å². The van der Waals surface area contributed by atoms with E-state index in [2.05, 4.69) is 11.4 Å². The maximum absolute atomic E-state index is 11.9. The molecule has 0 saturated carbocycles. The molecular formula is C15H21N3O3S. The van der Waals surface area contributed by atoms with Gasteiger partial charge in [-0.05, 0) is 25.3 Å². The molecule has 0 spiro atoms. The van der Waals surface area contributed by atoms with Gasteiger partial charge in [-0.1, -0.05) is 30.3 Å². The Labute approximate surface area is 131 Å². The zero-order valence-electron chi connectivity index (χ0n) is 13.0. The van der Waals surface area contributed by atoms with Gasteiger partial charge in [-0.25, -0.2) is 8.42 Å². The summed E-state index contributed by atoms with van der Waals surface area (Å²) in [7, 11) is -2.10. The Morgan fingerprint density at radius 3 is 2.45 bits per heavy atom. The van der Waals surface area contributed by atoms with Crippen molar-refractivity contribution in [2.24, 2.45) is 0 Å². The maximum atomic E-state index is 11.9. The summed E-state index contributed by atoms with van der Waals surface area (Å²) in [5.41, 5.74) is 0.0390. The smallest absolute Gasteiger partial charge is 0.236 e. The van der Waals surface area contributed by atoms with E-state index in [1.807, 2.05) is 30.3 Å². The highest BCUT2D eigenvalue weighted by atomic mass is 32.2. The van der Waals surface area contributed by atoms with Gasteiger partial charge in [-0.3, -0.25) is 4.79 Å². The second-order valence-corrected chi connectivity index (χ2v) is 7.59. The Balaban J connectivity index is 2.63. The Hall–Kier alpha value is -1.91. The second kappa shape index (κ2) is 7.38. The zero-order chi connectivity index (χ0) is 16.8. The maximum Gasteiger partial charge on any atom is 0.236 e. The third-order valence-corrected chi connectivity index (χ3v) is 4.61. The first-order valence-corrected chi connectivity index (χ1v) is 8.68. The average molecular weight is 323 g/mol. The standard InChI is InChI=1S/C15H21N3O3S/c1-15(12-16,10-9-13-7-5-4-6-8-13)17-14(19)11-18(2)22(3,20)21/h4-8H,9-11H2,1-3H3,(H,17,19)/t15-/m0/s1. The van der Waals surface area contributed by atoms with Crippen LogP contribution in [0.25, 0.3) is 0 Å². The normalized spacial score (nSPS) is 14.1.